The van der Waals surface area contributed by atoms with Crippen molar-refractivity contribution in [1.29, 1.82) is 0 Å². The Kier molecular flexibility index (Phi) is 9.63. The Bertz CT molecular complexity index is 879. The first-order valence-electron chi connectivity index (χ1n) is 6.36. The van der Waals surface area contributed by atoms with Crippen LogP contribution in [0.2, 0.25) is 0 Å². The lowest BCUT2D eigenvalue weighted by molar-refractivity contribution is -0.665. The first-order valence-corrected chi connectivity index (χ1v) is 9.09. The predicted molar refractivity (Wildman–Crippen MR) is 87.6 cm³/mol. The highest BCUT2D eigenvalue weighted by atomic mass is 32.3. The van der Waals surface area contributed by atoms with Crippen LogP contribution in [0, 0.1) is 0 Å². The van der Waals surface area contributed by atoms with Gasteiger partial charge in [0.2, 0.25) is 16.1 Å². The lowest BCUT2D eigenvalue weighted by Gasteiger charge is -1.99. The minimum absolute atomic E-state index is 0.582. The van der Waals surface area contributed by atoms with E-state index in [-0.39, 0.29) is 0 Å². The summed E-state index contributed by atoms with van der Waals surface area (Å²) in [4.78, 5) is 0. The maximum absolute atomic E-state index is 9.22. The first-order chi connectivity index (χ1) is 11.9. The van der Waals surface area contributed by atoms with Crippen molar-refractivity contribution in [2.75, 3.05) is 20.0 Å². The second kappa shape index (κ2) is 10.6. The van der Waals surface area contributed by atoms with E-state index in [1.807, 2.05) is 30.3 Å². The molecule has 0 aliphatic heterocycles. The molecule has 0 unspecified atom stereocenters. The van der Waals surface area contributed by atoms with Crippen molar-refractivity contribution < 1.29 is 44.1 Å². The summed E-state index contributed by atoms with van der Waals surface area (Å²) >= 11 is 0. The van der Waals surface area contributed by atoms with Gasteiger partial charge in [-0.15, -0.1) is 0 Å². The molecule has 0 radical (unpaired) electrons. The summed E-state index contributed by atoms with van der Waals surface area (Å²) in [6.07, 6.45) is 1.59. The maximum Gasteiger partial charge on any atom is 0.401 e. The van der Waals surface area contributed by atoms with Gasteiger partial charge in [0.25, 0.3) is 0 Å². The largest absolute Gasteiger partial charge is 0.726 e. The van der Waals surface area contributed by atoms with E-state index in [0.29, 0.717) is 11.6 Å². The Hall–Kier alpha value is -2.36. The standard InChI is InChI=1S/C11H11N3O.CH4O4S.H2O4S/c1-15-11-7-9(12)8-13-14(11)10-5-3-2-4-6-10;1-5-6(2,3)4;1-5(2,3)4/h2-8,12H,1H3;1H3,(H,2,3,4);(H2,1,2,3,4). The third-order valence-corrected chi connectivity index (χ3v) is 2.64. The molecule has 1 heterocycles. The van der Waals surface area contributed by atoms with Crippen LogP contribution in [0.1, 0.15) is 0 Å². The van der Waals surface area contributed by atoms with Gasteiger partial charge in [0.15, 0.2) is 0 Å². The zero-order valence-corrected chi connectivity index (χ0v) is 15.2. The molecule has 0 saturated carbocycles. The van der Waals surface area contributed by atoms with Gasteiger partial charge in [-0.3, -0.25) is 13.3 Å². The highest BCUT2D eigenvalue weighted by molar-refractivity contribution is 7.80. The first kappa shape index (κ1) is 23.6. The number of methoxy groups -OCH3 is 1. The van der Waals surface area contributed by atoms with Crippen LogP contribution in [0.5, 0.6) is 5.88 Å². The molecule has 2 aromatic rings. The Morgan fingerprint density at radius 1 is 1.12 bits per heavy atom. The Morgan fingerprint density at radius 3 is 1.96 bits per heavy atom. The molecule has 0 spiro atoms. The summed E-state index contributed by atoms with van der Waals surface area (Å²) in [5, 5.41) is 4.19. The van der Waals surface area contributed by atoms with Crippen molar-refractivity contribution >= 4 is 26.5 Å². The van der Waals surface area contributed by atoms with Crippen molar-refractivity contribution in [3.63, 3.8) is 0 Å². The van der Waals surface area contributed by atoms with Gasteiger partial charge < -0.3 is 15.0 Å². The Balaban J connectivity index is 0.000000474. The van der Waals surface area contributed by atoms with Gasteiger partial charge in [0.05, 0.1) is 26.0 Å². The maximum atomic E-state index is 9.22. The highest BCUT2D eigenvalue weighted by Crippen LogP contribution is 2.09. The van der Waals surface area contributed by atoms with Gasteiger partial charge in [0.1, 0.15) is 6.20 Å². The number of rotatable bonds is 3. The number of nitrogens with two attached hydrogens (primary N) is 1. The molecule has 12 nitrogen and oxygen atoms in total. The second-order valence-corrected chi connectivity index (χ2v) is 6.15. The van der Waals surface area contributed by atoms with E-state index in [1.54, 1.807) is 24.1 Å². The fraction of sp³-hybridized carbons (Fsp3) is 0.167. The number of hydrogen-bond acceptors (Lipinski definition) is 9. The van der Waals surface area contributed by atoms with E-state index in [0.717, 1.165) is 12.8 Å². The highest BCUT2D eigenvalue weighted by Gasteiger charge is 2.16. The average Bonchev–Trinajstić information content (AvgIpc) is 2.54. The summed E-state index contributed by atoms with van der Waals surface area (Å²) in [5.41, 5.74) is 7.15. The fourth-order valence-corrected chi connectivity index (χ4v) is 1.33. The summed E-state index contributed by atoms with van der Waals surface area (Å²) < 4.78 is 69.5. The normalized spacial score (nSPS) is 10.7. The molecule has 1 aromatic heterocycles. The molecule has 0 aliphatic rings. The van der Waals surface area contributed by atoms with Gasteiger partial charge in [0, 0.05) is 17.2 Å². The minimum atomic E-state index is -4.67. The second-order valence-electron chi connectivity index (χ2n) is 4.10. The lowest BCUT2D eigenvalue weighted by atomic mass is 10.3. The van der Waals surface area contributed by atoms with Crippen LogP contribution in [-0.2, 0) is 25.0 Å². The van der Waals surface area contributed by atoms with Gasteiger partial charge in [-0.2, -0.15) is 8.42 Å². The minimum Gasteiger partial charge on any atom is -0.726 e. The van der Waals surface area contributed by atoms with Crippen molar-refractivity contribution in [3.05, 3.63) is 42.6 Å². The number of aromatic nitrogens is 2. The van der Waals surface area contributed by atoms with Crippen LogP contribution in [0.25, 0.3) is 5.69 Å². The van der Waals surface area contributed by atoms with Gasteiger partial charge in [-0.25, -0.2) is 8.42 Å². The van der Waals surface area contributed by atoms with Crippen molar-refractivity contribution in [1.82, 2.24) is 5.10 Å². The predicted octanol–water partition coefficient (Wildman–Crippen LogP) is -0.611. The zero-order chi connectivity index (χ0) is 20.4. The number of nitrogens with zero attached hydrogens (tertiary/aromatic N) is 2. The number of benzene rings is 1. The lowest BCUT2D eigenvalue weighted by Crippen LogP contribution is -2.36. The van der Waals surface area contributed by atoms with E-state index in [4.69, 9.17) is 28.0 Å². The van der Waals surface area contributed by atoms with E-state index in [9.17, 15) is 13.0 Å². The Labute approximate surface area is 150 Å². The van der Waals surface area contributed by atoms with Crippen LogP contribution in [0.4, 0.5) is 5.69 Å². The molecule has 0 aliphatic carbocycles. The SMILES string of the molecule is COS(=O)(=O)[O-].COc1cc(N)cn[n+]1-c1ccccc1.O=S(=O)(O)O. The van der Waals surface area contributed by atoms with Crippen molar-refractivity contribution in [2.45, 2.75) is 0 Å². The molecule has 0 atom stereocenters. The van der Waals surface area contributed by atoms with Crippen molar-refractivity contribution in [2.24, 2.45) is 0 Å². The zero-order valence-electron chi connectivity index (χ0n) is 13.6. The molecule has 146 valence electrons. The summed E-state index contributed by atoms with van der Waals surface area (Å²) in [7, 11) is -6.68. The van der Waals surface area contributed by atoms with Crippen molar-refractivity contribution in [3.8, 4) is 11.6 Å². The van der Waals surface area contributed by atoms with E-state index in [1.165, 1.54) is 0 Å². The number of para-hydroxylation sites is 1. The summed E-state index contributed by atoms with van der Waals surface area (Å²) in [5.74, 6) is 0.612. The third kappa shape index (κ3) is 12.1. The monoisotopic (exact) mass is 411 g/mol. The fourth-order valence-electron chi connectivity index (χ4n) is 1.33. The number of ether oxygens (including phenoxy) is 1. The van der Waals surface area contributed by atoms with Gasteiger partial charge >= 0.3 is 16.3 Å². The van der Waals surface area contributed by atoms with Gasteiger partial charge in [-0.1, -0.05) is 18.2 Å². The molecule has 0 saturated heterocycles. The number of anilines is 1. The molecule has 2 rings (SSSR count). The van der Waals surface area contributed by atoms with E-state index >= 15 is 0 Å². The average molecular weight is 411 g/mol. The van der Waals surface area contributed by atoms with Crippen LogP contribution in [0.3, 0.4) is 0 Å². The topological polar surface area (TPSA) is 193 Å². The Morgan fingerprint density at radius 2 is 1.58 bits per heavy atom. The molecule has 0 fully saturated rings. The molecule has 14 heteroatoms. The molecular weight excluding hydrogens is 394 g/mol. The third-order valence-electron chi connectivity index (χ3n) is 2.24. The smallest absolute Gasteiger partial charge is 0.401 e. The molecule has 0 bridgehead atoms. The van der Waals surface area contributed by atoms with Crippen LogP contribution in [-0.4, -0.2) is 49.8 Å². The molecular formula is C12H17N3O9S2. The number of nitrogen functional groups attached to an aromatic ring is 1. The molecule has 26 heavy (non-hydrogen) atoms. The van der Waals surface area contributed by atoms with Crippen LogP contribution >= 0.6 is 0 Å². The number of hydrogen-bond donors (Lipinski definition) is 3. The summed E-state index contributed by atoms with van der Waals surface area (Å²) in [6, 6.07) is 11.5. The summed E-state index contributed by atoms with van der Waals surface area (Å²) in [6.45, 7) is 0. The van der Waals surface area contributed by atoms with E-state index in [2.05, 4.69) is 9.28 Å². The molecule has 4 N–H and O–H groups in total. The van der Waals surface area contributed by atoms with Gasteiger partial charge in [-0.05, 0) is 4.68 Å². The molecule has 0 amide bonds. The van der Waals surface area contributed by atoms with E-state index < -0.39 is 20.8 Å². The van der Waals surface area contributed by atoms with Crippen LogP contribution < -0.4 is 15.2 Å². The molecule has 1 aromatic carbocycles. The van der Waals surface area contributed by atoms with Crippen LogP contribution in [0.15, 0.2) is 42.6 Å². The quantitative estimate of drug-likeness (QED) is 0.331.